The zero-order valence-electron chi connectivity index (χ0n) is 15.8. The van der Waals surface area contributed by atoms with E-state index in [1.54, 1.807) is 18.2 Å². The Hall–Kier alpha value is -2.22. The van der Waals surface area contributed by atoms with Crippen molar-refractivity contribution < 1.29 is 9.13 Å². The van der Waals surface area contributed by atoms with E-state index >= 15 is 0 Å². The summed E-state index contributed by atoms with van der Waals surface area (Å²) in [5.74, 6) is 0.103. The van der Waals surface area contributed by atoms with Gasteiger partial charge in [0.05, 0.1) is 30.2 Å². The van der Waals surface area contributed by atoms with Crippen molar-refractivity contribution in [1.82, 2.24) is 0 Å². The molecule has 0 heterocycles. The fourth-order valence-corrected chi connectivity index (χ4v) is 3.63. The van der Waals surface area contributed by atoms with Crippen molar-refractivity contribution in [2.24, 2.45) is 17.1 Å². The Labute approximate surface area is 161 Å². The van der Waals surface area contributed by atoms with Gasteiger partial charge in [-0.25, -0.2) is 4.39 Å². The maximum atomic E-state index is 14.5. The number of rotatable bonds is 9. The summed E-state index contributed by atoms with van der Waals surface area (Å²) in [6, 6.07) is 18.9. The van der Waals surface area contributed by atoms with E-state index < -0.39 is 11.0 Å². The first-order valence-electron chi connectivity index (χ1n) is 9.54. The second-order valence-corrected chi connectivity index (χ2v) is 7.92. The maximum absolute atomic E-state index is 14.5. The molecule has 3 rings (SSSR count). The molecular formula is C23H27FN2O. The van der Waals surface area contributed by atoms with Crippen molar-refractivity contribution in [2.75, 3.05) is 6.61 Å². The minimum absolute atomic E-state index is 0.203. The zero-order valence-corrected chi connectivity index (χ0v) is 15.8. The van der Waals surface area contributed by atoms with Crippen LogP contribution in [0.2, 0.25) is 0 Å². The van der Waals surface area contributed by atoms with Crippen LogP contribution in [0.3, 0.4) is 0 Å². The van der Waals surface area contributed by atoms with E-state index in [0.29, 0.717) is 30.9 Å². The van der Waals surface area contributed by atoms with E-state index in [4.69, 9.17) is 10.5 Å². The van der Waals surface area contributed by atoms with E-state index in [0.717, 1.165) is 18.4 Å². The Morgan fingerprint density at radius 1 is 1.11 bits per heavy atom. The minimum atomic E-state index is -0.965. The Bertz CT molecular complexity index is 800. The highest BCUT2D eigenvalue weighted by atomic mass is 19.1. The van der Waals surface area contributed by atoms with Crippen LogP contribution in [0.25, 0.3) is 0 Å². The number of nitrogens with zero attached hydrogens (tertiary/aromatic N) is 1. The molecule has 1 fully saturated rings. The van der Waals surface area contributed by atoms with Crippen LogP contribution < -0.4 is 5.73 Å². The van der Waals surface area contributed by atoms with Gasteiger partial charge in [0.2, 0.25) is 0 Å². The summed E-state index contributed by atoms with van der Waals surface area (Å²) in [6.45, 7) is 2.62. The SMILES string of the molecule is CC(C#N)(CC[C@@](N)(COCc1ccccc1)c1ccccc1F)C1CC1. The molecule has 0 radical (unpaired) electrons. The number of ether oxygens (including phenoxy) is 1. The summed E-state index contributed by atoms with van der Waals surface area (Å²) < 4.78 is 20.4. The molecule has 0 saturated heterocycles. The van der Waals surface area contributed by atoms with Crippen LogP contribution in [0.4, 0.5) is 4.39 Å². The van der Waals surface area contributed by atoms with Gasteiger partial charge in [-0.1, -0.05) is 48.5 Å². The summed E-state index contributed by atoms with van der Waals surface area (Å²) in [5, 5.41) is 9.65. The van der Waals surface area contributed by atoms with Crippen molar-refractivity contribution in [3.8, 4) is 6.07 Å². The summed E-state index contributed by atoms with van der Waals surface area (Å²) in [4.78, 5) is 0. The summed E-state index contributed by atoms with van der Waals surface area (Å²) in [7, 11) is 0. The molecule has 2 N–H and O–H groups in total. The molecule has 2 atom stereocenters. The molecule has 0 spiro atoms. The number of hydrogen-bond acceptors (Lipinski definition) is 3. The molecule has 27 heavy (non-hydrogen) atoms. The molecule has 0 aromatic heterocycles. The van der Waals surface area contributed by atoms with Crippen molar-refractivity contribution >= 4 is 0 Å². The van der Waals surface area contributed by atoms with Crippen LogP contribution in [-0.4, -0.2) is 6.61 Å². The monoisotopic (exact) mass is 366 g/mol. The average Bonchev–Trinajstić information content (AvgIpc) is 3.53. The van der Waals surface area contributed by atoms with Gasteiger partial charge in [-0.15, -0.1) is 0 Å². The van der Waals surface area contributed by atoms with Crippen LogP contribution in [0, 0.1) is 28.5 Å². The Morgan fingerprint density at radius 2 is 1.78 bits per heavy atom. The molecule has 1 aliphatic carbocycles. The van der Waals surface area contributed by atoms with E-state index in [1.165, 1.54) is 6.07 Å². The third kappa shape index (κ3) is 4.74. The molecule has 4 heteroatoms. The lowest BCUT2D eigenvalue weighted by molar-refractivity contribution is 0.0619. The van der Waals surface area contributed by atoms with Crippen molar-refractivity contribution in [1.29, 1.82) is 5.26 Å². The van der Waals surface area contributed by atoms with Gasteiger partial charge in [0.25, 0.3) is 0 Å². The molecule has 2 aromatic rings. The van der Waals surface area contributed by atoms with E-state index in [9.17, 15) is 9.65 Å². The maximum Gasteiger partial charge on any atom is 0.128 e. The lowest BCUT2D eigenvalue weighted by Gasteiger charge is -2.33. The Kier molecular flexibility index (Phi) is 5.94. The number of benzene rings is 2. The average molecular weight is 366 g/mol. The van der Waals surface area contributed by atoms with Gasteiger partial charge in [-0.2, -0.15) is 5.26 Å². The second-order valence-electron chi connectivity index (χ2n) is 7.92. The summed E-state index contributed by atoms with van der Waals surface area (Å²) in [6.07, 6.45) is 3.31. The van der Waals surface area contributed by atoms with Crippen LogP contribution in [0.5, 0.6) is 0 Å². The second kappa shape index (κ2) is 8.21. The van der Waals surface area contributed by atoms with Crippen LogP contribution >= 0.6 is 0 Å². The fourth-order valence-electron chi connectivity index (χ4n) is 3.63. The largest absolute Gasteiger partial charge is 0.375 e. The summed E-state index contributed by atoms with van der Waals surface area (Å²) >= 11 is 0. The van der Waals surface area contributed by atoms with E-state index in [-0.39, 0.29) is 12.4 Å². The first kappa shape index (κ1) is 19.5. The third-order valence-corrected chi connectivity index (χ3v) is 5.71. The number of halogens is 1. The van der Waals surface area contributed by atoms with Crippen LogP contribution in [0.15, 0.2) is 54.6 Å². The molecule has 3 nitrogen and oxygen atoms in total. The molecule has 2 aromatic carbocycles. The van der Waals surface area contributed by atoms with Crippen LogP contribution in [0.1, 0.15) is 43.7 Å². The van der Waals surface area contributed by atoms with Gasteiger partial charge >= 0.3 is 0 Å². The molecule has 142 valence electrons. The lowest BCUT2D eigenvalue weighted by atomic mass is 9.76. The van der Waals surface area contributed by atoms with E-state index in [2.05, 4.69) is 6.07 Å². The highest BCUT2D eigenvalue weighted by molar-refractivity contribution is 5.26. The zero-order chi connectivity index (χ0) is 19.3. The quantitative estimate of drug-likeness (QED) is 0.685. The molecule has 0 bridgehead atoms. The molecule has 0 aliphatic heterocycles. The fraction of sp³-hybridized carbons (Fsp3) is 0.435. The molecular weight excluding hydrogens is 339 g/mol. The lowest BCUT2D eigenvalue weighted by Crippen LogP contribution is -2.43. The Balaban J connectivity index is 1.74. The molecule has 1 saturated carbocycles. The van der Waals surface area contributed by atoms with Gasteiger partial charge < -0.3 is 10.5 Å². The van der Waals surface area contributed by atoms with Crippen molar-refractivity contribution in [2.45, 2.75) is 44.8 Å². The first-order chi connectivity index (χ1) is 13.0. The van der Waals surface area contributed by atoms with Gasteiger partial charge in [-0.3, -0.25) is 0 Å². The predicted molar refractivity (Wildman–Crippen MR) is 104 cm³/mol. The van der Waals surface area contributed by atoms with Crippen molar-refractivity contribution in [3.63, 3.8) is 0 Å². The van der Waals surface area contributed by atoms with E-state index in [1.807, 2.05) is 37.3 Å². The van der Waals surface area contributed by atoms with Crippen LogP contribution in [-0.2, 0) is 16.9 Å². The summed E-state index contributed by atoms with van der Waals surface area (Å²) in [5.41, 5.74) is 6.82. The highest BCUT2D eigenvalue weighted by Gasteiger charge is 2.43. The normalized spacial score (nSPS) is 18.3. The minimum Gasteiger partial charge on any atom is -0.375 e. The Morgan fingerprint density at radius 3 is 2.41 bits per heavy atom. The number of nitriles is 1. The topological polar surface area (TPSA) is 59.0 Å². The smallest absolute Gasteiger partial charge is 0.128 e. The van der Waals surface area contributed by atoms with Gasteiger partial charge in [-0.05, 0) is 50.2 Å². The van der Waals surface area contributed by atoms with Gasteiger partial charge in [0, 0.05) is 5.56 Å². The molecule has 1 unspecified atom stereocenters. The number of hydrogen-bond donors (Lipinski definition) is 1. The first-order valence-corrected chi connectivity index (χ1v) is 9.54. The molecule has 0 amide bonds. The highest BCUT2D eigenvalue weighted by Crippen LogP contribution is 2.49. The predicted octanol–water partition coefficient (Wildman–Crippen LogP) is 4.92. The van der Waals surface area contributed by atoms with Gasteiger partial charge in [0.1, 0.15) is 5.82 Å². The van der Waals surface area contributed by atoms with Gasteiger partial charge in [0.15, 0.2) is 0 Å². The number of nitrogens with two attached hydrogens (primary N) is 1. The third-order valence-electron chi connectivity index (χ3n) is 5.71. The molecule has 1 aliphatic rings. The standard InChI is InChI=1S/C23H27FN2O/c1-22(16-25,19-11-12-19)13-14-23(26,20-9-5-6-10-21(20)24)17-27-15-18-7-3-2-4-8-18/h2-10,19H,11-15,17,26H2,1H3/t22?,23-/m1/s1. The van der Waals surface area contributed by atoms with Crippen molar-refractivity contribution in [3.05, 3.63) is 71.5 Å².